The minimum Gasteiger partial charge on any atom is -0.393 e. The molecule has 1 heterocycles. The summed E-state index contributed by atoms with van der Waals surface area (Å²) in [6.45, 7) is -0.700. The number of benzene rings is 1. The Balaban J connectivity index is 2.63. The molecule has 1 unspecified atom stereocenters. The van der Waals surface area contributed by atoms with Crippen LogP contribution in [0.25, 0.3) is 0 Å². The highest BCUT2D eigenvalue weighted by Gasteiger charge is 2.38. The maximum atomic E-state index is 11.0. The molecular formula is C13H12N2O4. The standard InChI is InChI=1S/C13H12N2O4/c16-9-13(17,10-5-2-1-3-6-10)12-11(15(18)19)7-4-8-14-12/h1-8,16-17H,9H2. The summed E-state index contributed by atoms with van der Waals surface area (Å²) in [6.07, 6.45) is 1.34. The van der Waals surface area contributed by atoms with Gasteiger partial charge in [0.15, 0.2) is 11.3 Å². The summed E-state index contributed by atoms with van der Waals surface area (Å²) >= 11 is 0. The maximum Gasteiger partial charge on any atom is 0.294 e. The van der Waals surface area contributed by atoms with Crippen LogP contribution in [0.1, 0.15) is 11.3 Å². The Kier molecular flexibility index (Phi) is 3.55. The van der Waals surface area contributed by atoms with Crippen molar-refractivity contribution in [2.45, 2.75) is 5.60 Å². The van der Waals surface area contributed by atoms with E-state index in [2.05, 4.69) is 4.98 Å². The van der Waals surface area contributed by atoms with E-state index in [1.54, 1.807) is 30.3 Å². The minimum absolute atomic E-state index is 0.172. The van der Waals surface area contributed by atoms with Crippen molar-refractivity contribution in [1.82, 2.24) is 4.98 Å². The average Bonchev–Trinajstić information content (AvgIpc) is 2.47. The monoisotopic (exact) mass is 260 g/mol. The smallest absolute Gasteiger partial charge is 0.294 e. The first-order chi connectivity index (χ1) is 9.09. The summed E-state index contributed by atoms with van der Waals surface area (Å²) < 4.78 is 0. The number of hydrogen-bond acceptors (Lipinski definition) is 5. The van der Waals surface area contributed by atoms with E-state index < -0.39 is 17.1 Å². The third-order valence-electron chi connectivity index (χ3n) is 2.86. The summed E-state index contributed by atoms with van der Waals surface area (Å²) in [6, 6.07) is 10.9. The van der Waals surface area contributed by atoms with Gasteiger partial charge in [-0.2, -0.15) is 0 Å². The van der Waals surface area contributed by atoms with Crippen LogP contribution in [0.15, 0.2) is 48.7 Å². The predicted octanol–water partition coefficient (Wildman–Crippen LogP) is 1.22. The van der Waals surface area contributed by atoms with Gasteiger partial charge < -0.3 is 10.2 Å². The minimum atomic E-state index is -1.90. The van der Waals surface area contributed by atoms with Crippen LogP contribution in [0, 0.1) is 10.1 Å². The number of aliphatic hydroxyl groups is 2. The van der Waals surface area contributed by atoms with Crippen LogP contribution >= 0.6 is 0 Å². The molecule has 2 rings (SSSR count). The summed E-state index contributed by atoms with van der Waals surface area (Å²) in [5.41, 5.74) is -2.05. The van der Waals surface area contributed by atoms with Crippen molar-refractivity contribution < 1.29 is 15.1 Å². The molecule has 0 fully saturated rings. The lowest BCUT2D eigenvalue weighted by Crippen LogP contribution is -2.33. The van der Waals surface area contributed by atoms with Crippen molar-refractivity contribution in [1.29, 1.82) is 0 Å². The van der Waals surface area contributed by atoms with E-state index in [0.29, 0.717) is 5.56 Å². The molecule has 1 aromatic carbocycles. The number of aliphatic hydroxyl groups excluding tert-OH is 1. The van der Waals surface area contributed by atoms with E-state index in [1.165, 1.54) is 18.3 Å². The molecular weight excluding hydrogens is 248 g/mol. The lowest BCUT2D eigenvalue weighted by molar-refractivity contribution is -0.387. The van der Waals surface area contributed by atoms with Gasteiger partial charge in [-0.15, -0.1) is 0 Å². The summed E-state index contributed by atoms with van der Waals surface area (Å²) in [5.74, 6) is 0. The number of rotatable bonds is 4. The zero-order chi connectivity index (χ0) is 13.9. The average molecular weight is 260 g/mol. The van der Waals surface area contributed by atoms with Gasteiger partial charge in [-0.3, -0.25) is 15.1 Å². The Morgan fingerprint density at radius 2 is 1.89 bits per heavy atom. The summed E-state index contributed by atoms with van der Waals surface area (Å²) in [5, 5.41) is 31.0. The molecule has 0 radical (unpaired) electrons. The molecule has 0 saturated carbocycles. The number of hydrogen-bond donors (Lipinski definition) is 2. The second-order valence-corrected chi connectivity index (χ2v) is 4.01. The Bertz CT molecular complexity index is 588. The zero-order valence-corrected chi connectivity index (χ0v) is 9.93. The second-order valence-electron chi connectivity index (χ2n) is 4.01. The van der Waals surface area contributed by atoms with Crippen molar-refractivity contribution in [2.75, 3.05) is 6.61 Å². The lowest BCUT2D eigenvalue weighted by atomic mass is 9.90. The van der Waals surface area contributed by atoms with E-state index >= 15 is 0 Å². The molecule has 0 aliphatic carbocycles. The van der Waals surface area contributed by atoms with Gasteiger partial charge >= 0.3 is 0 Å². The quantitative estimate of drug-likeness (QED) is 0.636. The number of nitro groups is 1. The molecule has 1 atom stereocenters. The van der Waals surface area contributed by atoms with Crippen LogP contribution in [0.3, 0.4) is 0 Å². The predicted molar refractivity (Wildman–Crippen MR) is 67.4 cm³/mol. The Labute approximate surface area is 109 Å². The van der Waals surface area contributed by atoms with Crippen molar-refractivity contribution in [3.8, 4) is 0 Å². The first-order valence-electron chi connectivity index (χ1n) is 5.58. The Hall–Kier alpha value is -2.31. The van der Waals surface area contributed by atoms with E-state index in [0.717, 1.165) is 0 Å². The van der Waals surface area contributed by atoms with Gasteiger partial charge in [0.2, 0.25) is 0 Å². The van der Waals surface area contributed by atoms with Gasteiger partial charge in [0.1, 0.15) is 0 Å². The third-order valence-corrected chi connectivity index (χ3v) is 2.86. The fourth-order valence-electron chi connectivity index (χ4n) is 1.88. The van der Waals surface area contributed by atoms with Crippen LogP contribution in [0.4, 0.5) is 5.69 Å². The Morgan fingerprint density at radius 3 is 2.47 bits per heavy atom. The van der Waals surface area contributed by atoms with Gasteiger partial charge in [0, 0.05) is 12.3 Å². The largest absolute Gasteiger partial charge is 0.393 e. The normalized spacial score (nSPS) is 13.8. The molecule has 1 aromatic heterocycles. The molecule has 0 bridgehead atoms. The number of nitrogens with zero attached hydrogens (tertiary/aromatic N) is 2. The highest BCUT2D eigenvalue weighted by atomic mass is 16.6. The molecule has 2 N–H and O–H groups in total. The van der Waals surface area contributed by atoms with Crippen LogP contribution in [-0.4, -0.2) is 26.7 Å². The molecule has 0 saturated heterocycles. The molecule has 98 valence electrons. The fraction of sp³-hybridized carbons (Fsp3) is 0.154. The van der Waals surface area contributed by atoms with Crippen molar-refractivity contribution >= 4 is 5.69 Å². The molecule has 0 spiro atoms. The third kappa shape index (κ3) is 2.31. The van der Waals surface area contributed by atoms with Gasteiger partial charge in [0.05, 0.1) is 11.5 Å². The van der Waals surface area contributed by atoms with Gasteiger partial charge in [-0.1, -0.05) is 30.3 Å². The molecule has 19 heavy (non-hydrogen) atoms. The second kappa shape index (κ2) is 5.13. The van der Waals surface area contributed by atoms with E-state index in [9.17, 15) is 20.3 Å². The van der Waals surface area contributed by atoms with Crippen LogP contribution in [0.2, 0.25) is 0 Å². The lowest BCUT2D eigenvalue weighted by Gasteiger charge is -2.25. The van der Waals surface area contributed by atoms with E-state index in [4.69, 9.17) is 0 Å². The maximum absolute atomic E-state index is 11.0. The molecule has 0 aliphatic rings. The van der Waals surface area contributed by atoms with E-state index in [1.807, 2.05) is 0 Å². The van der Waals surface area contributed by atoms with Gasteiger partial charge in [-0.05, 0) is 11.6 Å². The van der Waals surface area contributed by atoms with Gasteiger partial charge in [-0.25, -0.2) is 0 Å². The molecule has 0 amide bonds. The van der Waals surface area contributed by atoms with Crippen LogP contribution in [0.5, 0.6) is 0 Å². The first kappa shape index (κ1) is 13.1. The number of pyridine rings is 1. The molecule has 6 heteroatoms. The first-order valence-corrected chi connectivity index (χ1v) is 5.58. The van der Waals surface area contributed by atoms with Crippen molar-refractivity contribution in [3.05, 3.63) is 70.0 Å². The van der Waals surface area contributed by atoms with Crippen molar-refractivity contribution in [2.24, 2.45) is 0 Å². The van der Waals surface area contributed by atoms with Gasteiger partial charge in [0.25, 0.3) is 5.69 Å². The fourth-order valence-corrected chi connectivity index (χ4v) is 1.88. The SMILES string of the molecule is O=[N+]([O-])c1cccnc1C(O)(CO)c1ccccc1. The zero-order valence-electron chi connectivity index (χ0n) is 9.93. The highest BCUT2D eigenvalue weighted by Crippen LogP contribution is 2.33. The van der Waals surface area contributed by atoms with Crippen LogP contribution in [-0.2, 0) is 5.60 Å². The molecule has 0 aliphatic heterocycles. The summed E-state index contributed by atoms with van der Waals surface area (Å²) in [4.78, 5) is 14.2. The summed E-state index contributed by atoms with van der Waals surface area (Å²) in [7, 11) is 0. The van der Waals surface area contributed by atoms with E-state index in [-0.39, 0.29) is 11.4 Å². The molecule has 6 nitrogen and oxygen atoms in total. The molecule has 2 aromatic rings. The van der Waals surface area contributed by atoms with Crippen molar-refractivity contribution in [3.63, 3.8) is 0 Å². The number of aromatic nitrogens is 1. The Morgan fingerprint density at radius 1 is 1.21 bits per heavy atom. The van der Waals surface area contributed by atoms with Crippen LogP contribution < -0.4 is 0 Å². The highest BCUT2D eigenvalue weighted by molar-refractivity contribution is 5.44. The topological polar surface area (TPSA) is 96.5 Å².